The summed E-state index contributed by atoms with van der Waals surface area (Å²) < 4.78 is 11.1. The van der Waals surface area contributed by atoms with Crippen LogP contribution in [0.25, 0.3) is 167 Å². The van der Waals surface area contributed by atoms with Gasteiger partial charge in [-0.1, -0.05) is 182 Å². The van der Waals surface area contributed by atoms with Crippen LogP contribution in [0.5, 0.6) is 0 Å². The summed E-state index contributed by atoms with van der Waals surface area (Å²) in [5.41, 5.74) is 16.5. The molecule has 0 atom stereocenters. The Hall–Kier alpha value is -11.4. The second kappa shape index (κ2) is 18.6. The van der Waals surface area contributed by atoms with E-state index in [0.29, 0.717) is 17.5 Å². The van der Waals surface area contributed by atoms with Gasteiger partial charge in [-0.25, -0.2) is 29.9 Å². The van der Waals surface area contributed by atoms with Gasteiger partial charge in [0, 0.05) is 82.2 Å². The minimum Gasteiger partial charge on any atom is -0.456 e. The molecule has 386 valence electrons. The molecule has 0 spiro atoms. The third kappa shape index (κ3) is 7.49. The Morgan fingerprint density at radius 3 is 1.45 bits per heavy atom. The maximum atomic E-state index is 6.30. The highest BCUT2D eigenvalue weighted by Crippen LogP contribution is 2.52. The molecule has 0 aliphatic carbocycles. The van der Waals surface area contributed by atoms with Crippen LogP contribution < -0.4 is 0 Å². The zero-order chi connectivity index (χ0) is 54.5. The fraction of sp³-hybridized carbons (Fsp3) is 0. The van der Waals surface area contributed by atoms with Gasteiger partial charge in [-0.2, -0.15) is 0 Å². The predicted octanol–water partition coefficient (Wildman–Crippen LogP) is 18.5. The Morgan fingerprint density at radius 2 is 0.795 bits per heavy atom. The molecule has 0 aliphatic heterocycles. The number of nitrogens with zero attached hydrogens (tertiary/aromatic N) is 8. The van der Waals surface area contributed by atoms with Crippen LogP contribution in [0.2, 0.25) is 0 Å². The third-order valence-electron chi connectivity index (χ3n) is 16.1. The van der Waals surface area contributed by atoms with Gasteiger partial charge >= 0.3 is 0 Å². The van der Waals surface area contributed by atoms with Crippen molar-refractivity contribution >= 4 is 87.4 Å². The summed E-state index contributed by atoms with van der Waals surface area (Å²) in [6, 6.07) is 92.7. The van der Waals surface area contributed by atoms with Crippen molar-refractivity contribution in [3.05, 3.63) is 267 Å². The highest BCUT2D eigenvalue weighted by atomic mass is 16.3. The van der Waals surface area contributed by atoms with Gasteiger partial charge in [0.2, 0.25) is 0 Å². The summed E-state index contributed by atoms with van der Waals surface area (Å²) in [4.78, 5) is 32.4. The van der Waals surface area contributed by atoms with Crippen LogP contribution in [-0.2, 0) is 0 Å². The van der Waals surface area contributed by atoms with Crippen molar-refractivity contribution in [2.45, 2.75) is 0 Å². The van der Waals surface area contributed by atoms with E-state index >= 15 is 0 Å². The highest BCUT2D eigenvalue weighted by Gasteiger charge is 2.31. The van der Waals surface area contributed by atoms with Crippen LogP contribution in [0, 0.1) is 0 Å². The first-order valence-corrected chi connectivity index (χ1v) is 27.8. The fourth-order valence-corrected chi connectivity index (χ4v) is 12.4. The number of furan rings is 1. The van der Waals surface area contributed by atoms with Gasteiger partial charge in [-0.05, 0) is 84.9 Å². The molecule has 0 bridgehead atoms. The van der Waals surface area contributed by atoms with Gasteiger partial charge < -0.3 is 8.98 Å². The lowest BCUT2D eigenvalue weighted by atomic mass is 9.90. The predicted molar refractivity (Wildman–Crippen MR) is 337 cm³/mol. The second-order valence-electron chi connectivity index (χ2n) is 21.0. The largest absolute Gasteiger partial charge is 0.456 e. The van der Waals surface area contributed by atoms with E-state index in [0.717, 1.165) is 149 Å². The fourth-order valence-electron chi connectivity index (χ4n) is 12.4. The summed E-state index contributed by atoms with van der Waals surface area (Å²) >= 11 is 0. The summed E-state index contributed by atoms with van der Waals surface area (Å²) in [5, 5.41) is 8.39. The van der Waals surface area contributed by atoms with Gasteiger partial charge in [0.05, 0.1) is 50.2 Å². The summed E-state index contributed by atoms with van der Waals surface area (Å²) in [7, 11) is 0. The van der Waals surface area contributed by atoms with Gasteiger partial charge in [0.15, 0.2) is 17.5 Å². The highest BCUT2D eigenvalue weighted by molar-refractivity contribution is 6.33. The van der Waals surface area contributed by atoms with Crippen molar-refractivity contribution in [3.8, 4) is 79.4 Å². The van der Waals surface area contributed by atoms with Crippen LogP contribution in [0.15, 0.2) is 271 Å². The minimum atomic E-state index is 0.563. The van der Waals surface area contributed by atoms with Crippen LogP contribution in [0.4, 0.5) is 0 Å². The van der Waals surface area contributed by atoms with Crippen molar-refractivity contribution in [3.63, 3.8) is 0 Å². The van der Waals surface area contributed by atoms with Gasteiger partial charge in [-0.15, -0.1) is 0 Å². The maximum Gasteiger partial charge on any atom is 0.164 e. The topological polar surface area (TPSA) is 100 Å². The molecule has 17 rings (SSSR count). The molecule has 9 heteroatoms. The molecule has 9 nitrogen and oxygen atoms in total. The molecule has 83 heavy (non-hydrogen) atoms. The molecule has 7 aromatic heterocycles. The molecular weight excluding hydrogens is 1020 g/mol. The number of fused-ring (bicyclic) bond motifs is 12. The number of rotatable bonds is 8. The second-order valence-corrected chi connectivity index (χ2v) is 21.0. The third-order valence-corrected chi connectivity index (χ3v) is 16.1. The van der Waals surface area contributed by atoms with Crippen LogP contribution >= 0.6 is 0 Å². The van der Waals surface area contributed by atoms with Crippen molar-refractivity contribution in [1.82, 2.24) is 39.0 Å². The molecule has 7 heterocycles. The van der Waals surface area contributed by atoms with E-state index in [4.69, 9.17) is 34.3 Å². The molecule has 0 amide bonds. The minimum absolute atomic E-state index is 0.563. The Labute approximate surface area is 474 Å². The van der Waals surface area contributed by atoms with E-state index < -0.39 is 0 Å². The molecule has 0 unspecified atom stereocenters. The van der Waals surface area contributed by atoms with E-state index in [9.17, 15) is 0 Å². The summed E-state index contributed by atoms with van der Waals surface area (Å²) in [5.74, 6) is 2.52. The normalized spacial score (nSPS) is 11.9. The molecular formula is C74H44N8O. The average molecular weight is 1060 g/mol. The lowest BCUT2D eigenvalue weighted by molar-refractivity contribution is 0.669. The monoisotopic (exact) mass is 1060 g/mol. The smallest absolute Gasteiger partial charge is 0.164 e. The molecule has 17 aromatic rings. The van der Waals surface area contributed by atoms with E-state index in [1.165, 1.54) is 0 Å². The van der Waals surface area contributed by atoms with Crippen LogP contribution in [0.3, 0.4) is 0 Å². The quantitative estimate of drug-likeness (QED) is 0.149. The Bertz CT molecular complexity index is 5410. The zero-order valence-electron chi connectivity index (χ0n) is 44.4. The number of hydrogen-bond acceptors (Lipinski definition) is 7. The summed E-state index contributed by atoms with van der Waals surface area (Å²) in [6.45, 7) is 0. The van der Waals surface area contributed by atoms with Gasteiger partial charge in [0.25, 0.3) is 0 Å². The van der Waals surface area contributed by atoms with E-state index in [1.54, 1.807) is 0 Å². The Balaban J connectivity index is 1.02. The number of hydrogen-bond donors (Lipinski definition) is 0. The molecule has 10 aromatic carbocycles. The standard InChI is InChI=1S/C74H44N8O/c1-3-21-47(22-4-1)72-78-73(48-23-5-2-6-24-48)80-74(79-72)50-25-17-26-51(43-50)81-61-33-14-9-28-53(61)66-68(59-40-37-45-19-7-12-30-56(45)75-59)69(60-41-38-46-20-8-13-31-57(46)76-60)67-54-29-10-15-34-62(54)82(71(67)70(66)81)65-36-18-32-58(77-65)49-39-42-64-55(44-49)52-27-11-16-35-63(52)83-64/h1-44H. The Kier molecular flexibility index (Phi) is 10.4. The molecule has 0 radical (unpaired) electrons. The molecule has 0 aliphatic rings. The van der Waals surface area contributed by atoms with Crippen LogP contribution in [-0.4, -0.2) is 39.0 Å². The van der Waals surface area contributed by atoms with Crippen LogP contribution in [0.1, 0.15) is 0 Å². The zero-order valence-corrected chi connectivity index (χ0v) is 44.4. The van der Waals surface area contributed by atoms with E-state index in [2.05, 4.69) is 203 Å². The number of pyridine rings is 3. The van der Waals surface area contributed by atoms with E-state index in [-0.39, 0.29) is 0 Å². The van der Waals surface area contributed by atoms with E-state index in [1.807, 2.05) is 72.8 Å². The molecule has 0 N–H and O–H groups in total. The lowest BCUT2D eigenvalue weighted by Crippen LogP contribution is -2.03. The number of aromatic nitrogens is 8. The van der Waals surface area contributed by atoms with Crippen molar-refractivity contribution in [2.24, 2.45) is 0 Å². The van der Waals surface area contributed by atoms with Crippen molar-refractivity contribution in [2.75, 3.05) is 0 Å². The molecule has 0 saturated carbocycles. The first-order valence-electron chi connectivity index (χ1n) is 27.8. The number of para-hydroxylation sites is 5. The lowest BCUT2D eigenvalue weighted by Gasteiger charge is -2.18. The first kappa shape index (κ1) is 46.5. The molecule has 0 saturated heterocycles. The average Bonchev–Trinajstić information content (AvgIpc) is 1.66. The Morgan fingerprint density at radius 1 is 0.289 bits per heavy atom. The maximum absolute atomic E-state index is 6.30. The summed E-state index contributed by atoms with van der Waals surface area (Å²) in [6.07, 6.45) is 0. The molecule has 0 fully saturated rings. The SMILES string of the molecule is c1ccc(-c2nc(-c3ccccc3)nc(-c3cccc(-n4c5ccccc5c5c(-c6ccc7ccccc7n6)c(-c6ccc7ccccc7n6)c6c7ccccc7n(-c7cccc(-c8ccc9oc%10ccccc%10c9c8)n7)c6c54)c3)n2)cc1. The van der Waals surface area contributed by atoms with Gasteiger partial charge in [0.1, 0.15) is 17.0 Å². The van der Waals surface area contributed by atoms with Gasteiger partial charge in [-0.3, -0.25) is 4.57 Å². The number of benzene rings is 10. The van der Waals surface area contributed by atoms with Crippen molar-refractivity contribution in [1.29, 1.82) is 0 Å². The first-order chi connectivity index (χ1) is 41.1. The van der Waals surface area contributed by atoms with Crippen molar-refractivity contribution < 1.29 is 4.42 Å².